The number of amides is 1. The van der Waals surface area contributed by atoms with Crippen molar-refractivity contribution in [3.8, 4) is 0 Å². The van der Waals surface area contributed by atoms with Crippen LogP contribution in [-0.2, 0) is 11.2 Å². The summed E-state index contributed by atoms with van der Waals surface area (Å²) in [5.74, 6) is -0.160. The van der Waals surface area contributed by atoms with Crippen molar-refractivity contribution in [1.82, 2.24) is 20.4 Å². The van der Waals surface area contributed by atoms with Gasteiger partial charge in [0.25, 0.3) is 0 Å². The van der Waals surface area contributed by atoms with E-state index < -0.39 is 10.6 Å². The topological polar surface area (TPSA) is 135 Å². The highest BCUT2D eigenvalue weighted by Gasteiger charge is 2.23. The lowest BCUT2D eigenvalue weighted by Gasteiger charge is -2.10. The number of aryl methyl sites for hydroxylation is 1. The average Bonchev–Trinajstić information content (AvgIpc) is 2.69. The standard InChI is InChI=1S/C18H17N7O3/c1-12-7-8-14(19-10-12)22-17-16(25(27)28)18(21-11-20-17)24-23-15(26)9-13-5-3-2-4-6-13/h2-8,10-11H,9H2,1H3,(H,23,26)(H2,19,20,21,22,24). The summed E-state index contributed by atoms with van der Waals surface area (Å²) in [4.78, 5) is 34.9. The highest BCUT2D eigenvalue weighted by Crippen LogP contribution is 2.30. The average molecular weight is 379 g/mol. The van der Waals surface area contributed by atoms with Gasteiger partial charge >= 0.3 is 5.69 Å². The van der Waals surface area contributed by atoms with Crippen LogP contribution in [0.15, 0.2) is 55.0 Å². The molecule has 0 spiro atoms. The number of nitrogens with zero attached hydrogens (tertiary/aromatic N) is 4. The van der Waals surface area contributed by atoms with Gasteiger partial charge in [-0.05, 0) is 24.1 Å². The number of hydrogen-bond donors (Lipinski definition) is 3. The molecule has 0 fully saturated rings. The SMILES string of the molecule is Cc1ccc(Nc2ncnc(NNC(=O)Cc3ccccc3)c2[N+](=O)[O-])nc1. The number of hydrogen-bond acceptors (Lipinski definition) is 8. The number of pyridine rings is 1. The van der Waals surface area contributed by atoms with Gasteiger partial charge in [0, 0.05) is 6.20 Å². The van der Waals surface area contributed by atoms with Crippen molar-refractivity contribution in [1.29, 1.82) is 0 Å². The molecule has 0 saturated heterocycles. The summed E-state index contributed by atoms with van der Waals surface area (Å²) in [7, 11) is 0. The number of benzene rings is 1. The number of aromatic nitrogens is 3. The monoisotopic (exact) mass is 379 g/mol. The molecule has 3 N–H and O–H groups in total. The van der Waals surface area contributed by atoms with Crippen molar-refractivity contribution in [2.75, 3.05) is 10.7 Å². The Kier molecular flexibility index (Phi) is 5.70. The third-order valence-electron chi connectivity index (χ3n) is 3.69. The fourth-order valence-corrected chi connectivity index (χ4v) is 2.35. The van der Waals surface area contributed by atoms with E-state index in [2.05, 4.69) is 31.1 Å². The fraction of sp³-hybridized carbons (Fsp3) is 0.111. The summed E-state index contributed by atoms with van der Waals surface area (Å²) in [5.41, 5.74) is 6.26. The van der Waals surface area contributed by atoms with Gasteiger partial charge < -0.3 is 5.32 Å². The molecule has 1 aromatic carbocycles. The van der Waals surface area contributed by atoms with Gasteiger partial charge in [0.15, 0.2) is 0 Å². The fourth-order valence-electron chi connectivity index (χ4n) is 2.35. The van der Waals surface area contributed by atoms with E-state index in [-0.39, 0.29) is 24.0 Å². The number of carbonyl (C=O) groups excluding carboxylic acids is 1. The van der Waals surface area contributed by atoms with E-state index in [0.29, 0.717) is 5.82 Å². The number of carbonyl (C=O) groups is 1. The largest absolute Gasteiger partial charge is 0.355 e. The van der Waals surface area contributed by atoms with Crippen LogP contribution in [0.5, 0.6) is 0 Å². The van der Waals surface area contributed by atoms with Gasteiger partial charge in [-0.1, -0.05) is 36.4 Å². The molecule has 10 nitrogen and oxygen atoms in total. The molecule has 3 rings (SSSR count). The highest BCUT2D eigenvalue weighted by molar-refractivity contribution is 5.81. The smallest absolute Gasteiger partial charge is 0.319 e. The first-order valence-electron chi connectivity index (χ1n) is 8.31. The van der Waals surface area contributed by atoms with Crippen LogP contribution in [0.3, 0.4) is 0 Å². The van der Waals surface area contributed by atoms with E-state index >= 15 is 0 Å². The molecular weight excluding hydrogens is 362 g/mol. The highest BCUT2D eigenvalue weighted by atomic mass is 16.6. The number of rotatable bonds is 7. The molecule has 142 valence electrons. The predicted molar refractivity (Wildman–Crippen MR) is 103 cm³/mol. The van der Waals surface area contributed by atoms with Crippen LogP contribution in [0.2, 0.25) is 0 Å². The Labute approximate surface area is 160 Å². The van der Waals surface area contributed by atoms with E-state index in [1.54, 1.807) is 12.3 Å². The lowest BCUT2D eigenvalue weighted by molar-refractivity contribution is -0.383. The maximum absolute atomic E-state index is 12.1. The van der Waals surface area contributed by atoms with E-state index in [9.17, 15) is 14.9 Å². The summed E-state index contributed by atoms with van der Waals surface area (Å²) in [5, 5.41) is 14.3. The minimum absolute atomic E-state index is 0.0452. The lowest BCUT2D eigenvalue weighted by Crippen LogP contribution is -2.31. The first-order valence-corrected chi connectivity index (χ1v) is 8.31. The number of hydrazine groups is 1. The molecule has 0 aliphatic carbocycles. The molecule has 28 heavy (non-hydrogen) atoms. The molecule has 2 heterocycles. The van der Waals surface area contributed by atoms with E-state index in [4.69, 9.17) is 0 Å². The number of nitro groups is 1. The third-order valence-corrected chi connectivity index (χ3v) is 3.69. The van der Waals surface area contributed by atoms with Crippen LogP contribution >= 0.6 is 0 Å². The summed E-state index contributed by atoms with van der Waals surface area (Å²) in [6, 6.07) is 12.6. The Morgan fingerprint density at radius 3 is 2.50 bits per heavy atom. The molecule has 0 aliphatic rings. The normalized spacial score (nSPS) is 10.2. The van der Waals surface area contributed by atoms with Gasteiger partial charge in [0.05, 0.1) is 11.3 Å². The molecule has 2 aromatic heterocycles. The van der Waals surface area contributed by atoms with Crippen LogP contribution in [-0.4, -0.2) is 25.8 Å². The molecule has 0 radical (unpaired) electrons. The van der Waals surface area contributed by atoms with E-state index in [1.807, 2.05) is 43.3 Å². The van der Waals surface area contributed by atoms with Crippen molar-refractivity contribution < 1.29 is 9.72 Å². The van der Waals surface area contributed by atoms with Gasteiger partial charge in [-0.2, -0.15) is 0 Å². The molecule has 0 unspecified atom stereocenters. The van der Waals surface area contributed by atoms with Crippen LogP contribution in [0.1, 0.15) is 11.1 Å². The van der Waals surface area contributed by atoms with Crippen LogP contribution in [0, 0.1) is 17.0 Å². The minimum Gasteiger partial charge on any atom is -0.319 e. The summed E-state index contributed by atoms with van der Waals surface area (Å²) < 4.78 is 0. The second kappa shape index (κ2) is 8.54. The molecule has 0 saturated carbocycles. The lowest BCUT2D eigenvalue weighted by atomic mass is 10.1. The quantitative estimate of drug-likeness (QED) is 0.421. The van der Waals surface area contributed by atoms with Crippen molar-refractivity contribution in [2.45, 2.75) is 13.3 Å². The Hall–Kier alpha value is -4.08. The number of anilines is 3. The Bertz CT molecular complexity index is 978. The zero-order valence-electron chi connectivity index (χ0n) is 14.9. The predicted octanol–water partition coefficient (Wildman–Crippen LogP) is 2.52. The van der Waals surface area contributed by atoms with Gasteiger partial charge in [0.1, 0.15) is 12.1 Å². The molecule has 1 amide bonds. The zero-order chi connectivity index (χ0) is 19.9. The zero-order valence-corrected chi connectivity index (χ0v) is 14.9. The second-order valence-corrected chi connectivity index (χ2v) is 5.86. The Morgan fingerprint density at radius 1 is 1.07 bits per heavy atom. The second-order valence-electron chi connectivity index (χ2n) is 5.86. The van der Waals surface area contributed by atoms with Gasteiger partial charge in [-0.15, -0.1) is 0 Å². The van der Waals surface area contributed by atoms with Crippen molar-refractivity contribution in [2.24, 2.45) is 0 Å². The Morgan fingerprint density at radius 2 is 1.82 bits per heavy atom. The molecular formula is C18H17N7O3. The molecule has 0 aliphatic heterocycles. The summed E-state index contributed by atoms with van der Waals surface area (Å²) in [6.07, 6.45) is 2.89. The van der Waals surface area contributed by atoms with Gasteiger partial charge in [-0.25, -0.2) is 15.0 Å². The first-order chi connectivity index (χ1) is 13.5. The van der Waals surface area contributed by atoms with Crippen molar-refractivity contribution in [3.05, 3.63) is 76.2 Å². The van der Waals surface area contributed by atoms with Gasteiger partial charge in [0.2, 0.25) is 17.5 Å². The maximum Gasteiger partial charge on any atom is 0.355 e. The van der Waals surface area contributed by atoms with Crippen LogP contribution in [0.25, 0.3) is 0 Å². The summed E-state index contributed by atoms with van der Waals surface area (Å²) in [6.45, 7) is 1.88. The molecule has 0 bridgehead atoms. The number of nitrogens with one attached hydrogen (secondary N) is 3. The van der Waals surface area contributed by atoms with Crippen molar-refractivity contribution in [3.63, 3.8) is 0 Å². The third kappa shape index (κ3) is 4.75. The minimum atomic E-state index is -0.637. The van der Waals surface area contributed by atoms with Gasteiger partial charge in [-0.3, -0.25) is 25.8 Å². The Balaban J connectivity index is 1.74. The molecule has 10 heteroatoms. The van der Waals surface area contributed by atoms with E-state index in [0.717, 1.165) is 17.5 Å². The molecule has 0 atom stereocenters. The van der Waals surface area contributed by atoms with Crippen LogP contribution < -0.4 is 16.2 Å². The maximum atomic E-state index is 12.1. The van der Waals surface area contributed by atoms with Crippen molar-refractivity contribution >= 4 is 29.0 Å². The van der Waals surface area contributed by atoms with Crippen LogP contribution in [0.4, 0.5) is 23.1 Å². The molecule has 3 aromatic rings. The van der Waals surface area contributed by atoms with E-state index in [1.165, 1.54) is 0 Å². The summed E-state index contributed by atoms with van der Waals surface area (Å²) >= 11 is 0. The first kappa shape index (κ1) is 18.7.